The molecule has 0 fully saturated rings. The van der Waals surface area contributed by atoms with Gasteiger partial charge in [0.1, 0.15) is 5.75 Å². The highest BCUT2D eigenvalue weighted by atomic mass is 16.5. The average molecular weight is 309 g/mol. The minimum absolute atomic E-state index is 0.136. The number of amides is 1. The molecule has 0 saturated heterocycles. The number of para-hydroxylation sites is 1. The highest BCUT2D eigenvalue weighted by molar-refractivity contribution is 6.07. The first-order valence-corrected chi connectivity index (χ1v) is 7.42. The maximum atomic E-state index is 12.3. The molecule has 23 heavy (non-hydrogen) atoms. The number of rotatable bonds is 6. The van der Waals surface area contributed by atoms with Gasteiger partial charge in [0.15, 0.2) is 5.78 Å². The number of carbonyl (C=O) groups is 2. The Balaban J connectivity index is 2.17. The van der Waals surface area contributed by atoms with Crippen molar-refractivity contribution in [3.8, 4) is 5.75 Å². The molecule has 0 aromatic heterocycles. The highest BCUT2D eigenvalue weighted by Crippen LogP contribution is 2.20. The molecule has 2 aromatic rings. The van der Waals surface area contributed by atoms with Crippen molar-refractivity contribution in [2.45, 2.75) is 13.8 Å². The highest BCUT2D eigenvalue weighted by Gasteiger charge is 2.05. The van der Waals surface area contributed by atoms with E-state index in [1.807, 2.05) is 31.2 Å². The number of hydrogen-bond donors (Lipinski definition) is 1. The topological polar surface area (TPSA) is 55.4 Å². The van der Waals surface area contributed by atoms with Crippen LogP contribution in [0.1, 0.15) is 29.8 Å². The fraction of sp³-hybridized carbons (Fsp3) is 0.158. The molecular formula is C19H19NO3. The predicted octanol–water partition coefficient (Wildman–Crippen LogP) is 3.94. The summed E-state index contributed by atoms with van der Waals surface area (Å²) in [6.07, 6.45) is 3.24. The largest absolute Gasteiger partial charge is 0.493 e. The van der Waals surface area contributed by atoms with Crippen LogP contribution in [0.15, 0.2) is 54.6 Å². The van der Waals surface area contributed by atoms with Crippen LogP contribution >= 0.6 is 0 Å². The van der Waals surface area contributed by atoms with Crippen LogP contribution in [0.3, 0.4) is 0 Å². The van der Waals surface area contributed by atoms with Crippen LogP contribution in [0.25, 0.3) is 6.08 Å². The second-order valence-corrected chi connectivity index (χ2v) is 4.93. The lowest BCUT2D eigenvalue weighted by atomic mass is 10.1. The third kappa shape index (κ3) is 4.81. The molecule has 0 unspecified atom stereocenters. The number of nitrogens with one attached hydrogen (secondary N) is 1. The van der Waals surface area contributed by atoms with Crippen molar-refractivity contribution >= 4 is 23.5 Å². The molecule has 2 aromatic carbocycles. The van der Waals surface area contributed by atoms with E-state index in [1.54, 1.807) is 30.3 Å². The Hall–Kier alpha value is -2.88. The maximum Gasteiger partial charge on any atom is 0.221 e. The van der Waals surface area contributed by atoms with Crippen molar-refractivity contribution in [1.82, 2.24) is 0 Å². The Labute approximate surface area is 135 Å². The van der Waals surface area contributed by atoms with Gasteiger partial charge in [-0.25, -0.2) is 0 Å². The van der Waals surface area contributed by atoms with E-state index in [-0.39, 0.29) is 11.7 Å². The Morgan fingerprint density at radius 1 is 1.13 bits per heavy atom. The van der Waals surface area contributed by atoms with Gasteiger partial charge in [-0.05, 0) is 37.3 Å². The molecule has 4 heteroatoms. The zero-order chi connectivity index (χ0) is 16.7. The molecular weight excluding hydrogens is 290 g/mol. The van der Waals surface area contributed by atoms with Crippen molar-refractivity contribution < 1.29 is 14.3 Å². The predicted molar refractivity (Wildman–Crippen MR) is 91.7 cm³/mol. The lowest BCUT2D eigenvalue weighted by Gasteiger charge is -2.06. The molecule has 0 saturated carbocycles. The van der Waals surface area contributed by atoms with Crippen LogP contribution in [0.5, 0.6) is 5.75 Å². The number of ether oxygens (including phenoxy) is 1. The maximum absolute atomic E-state index is 12.3. The van der Waals surface area contributed by atoms with Crippen molar-refractivity contribution in [3.05, 3.63) is 65.7 Å². The molecule has 0 aliphatic heterocycles. The van der Waals surface area contributed by atoms with E-state index in [0.717, 1.165) is 11.3 Å². The molecule has 0 aliphatic rings. The molecule has 0 aliphatic carbocycles. The van der Waals surface area contributed by atoms with E-state index in [4.69, 9.17) is 4.74 Å². The van der Waals surface area contributed by atoms with Gasteiger partial charge in [-0.2, -0.15) is 0 Å². The van der Waals surface area contributed by atoms with Gasteiger partial charge < -0.3 is 10.1 Å². The number of carbonyl (C=O) groups excluding carboxylic acids is 2. The van der Waals surface area contributed by atoms with E-state index < -0.39 is 0 Å². The summed E-state index contributed by atoms with van der Waals surface area (Å²) in [7, 11) is 0. The summed E-state index contributed by atoms with van der Waals surface area (Å²) in [6, 6.07) is 14.4. The minimum Gasteiger partial charge on any atom is -0.493 e. The number of allylic oxidation sites excluding steroid dienone is 1. The summed E-state index contributed by atoms with van der Waals surface area (Å²) in [5, 5.41) is 2.66. The SMILES string of the molecule is CCOc1ccccc1C=CC(=O)c1cccc(NC(C)=O)c1. The molecule has 0 radical (unpaired) electrons. The van der Waals surface area contributed by atoms with Gasteiger partial charge in [-0.1, -0.05) is 30.3 Å². The molecule has 1 amide bonds. The number of benzene rings is 2. The van der Waals surface area contributed by atoms with Crippen LogP contribution in [-0.4, -0.2) is 18.3 Å². The van der Waals surface area contributed by atoms with Gasteiger partial charge in [-0.15, -0.1) is 0 Å². The molecule has 1 N–H and O–H groups in total. The summed E-state index contributed by atoms with van der Waals surface area (Å²) in [5.74, 6) is 0.435. The van der Waals surface area contributed by atoms with Crippen molar-refractivity contribution in [3.63, 3.8) is 0 Å². The van der Waals surface area contributed by atoms with Gasteiger partial charge in [0.25, 0.3) is 0 Å². The fourth-order valence-corrected chi connectivity index (χ4v) is 2.12. The Morgan fingerprint density at radius 3 is 2.65 bits per heavy atom. The third-order valence-corrected chi connectivity index (χ3v) is 3.10. The average Bonchev–Trinajstić information content (AvgIpc) is 2.53. The Kier molecular flexibility index (Phi) is 5.69. The van der Waals surface area contributed by atoms with Gasteiger partial charge in [0.05, 0.1) is 6.61 Å². The summed E-state index contributed by atoms with van der Waals surface area (Å²) in [6.45, 7) is 3.91. The molecule has 0 heterocycles. The van der Waals surface area contributed by atoms with Gasteiger partial charge in [0, 0.05) is 23.7 Å². The van der Waals surface area contributed by atoms with Gasteiger partial charge in [0.2, 0.25) is 5.91 Å². The number of hydrogen-bond acceptors (Lipinski definition) is 3. The minimum atomic E-state index is -0.171. The second-order valence-electron chi connectivity index (χ2n) is 4.93. The molecule has 0 atom stereocenters. The second kappa shape index (κ2) is 7.94. The first-order valence-electron chi connectivity index (χ1n) is 7.42. The van der Waals surface area contributed by atoms with Crippen LogP contribution in [-0.2, 0) is 4.79 Å². The molecule has 4 nitrogen and oxygen atoms in total. The lowest BCUT2D eigenvalue weighted by Crippen LogP contribution is -2.06. The molecule has 118 valence electrons. The van der Waals surface area contributed by atoms with Crippen LogP contribution in [0.4, 0.5) is 5.69 Å². The first-order chi connectivity index (χ1) is 11.1. The molecule has 2 rings (SSSR count). The quantitative estimate of drug-likeness (QED) is 0.649. The standard InChI is InChI=1S/C19H19NO3/c1-3-23-19-10-5-4-7-15(19)11-12-18(22)16-8-6-9-17(13-16)20-14(2)21/h4-13H,3H2,1-2H3,(H,20,21). The summed E-state index contributed by atoms with van der Waals surface area (Å²) < 4.78 is 5.53. The normalized spacial score (nSPS) is 10.5. The number of ketones is 1. The van der Waals surface area contributed by atoms with E-state index in [9.17, 15) is 9.59 Å². The molecule has 0 bridgehead atoms. The van der Waals surface area contributed by atoms with Crippen molar-refractivity contribution in [2.75, 3.05) is 11.9 Å². The molecule has 0 spiro atoms. The van der Waals surface area contributed by atoms with Crippen LogP contribution < -0.4 is 10.1 Å². The summed E-state index contributed by atoms with van der Waals surface area (Å²) >= 11 is 0. The third-order valence-electron chi connectivity index (χ3n) is 3.10. The summed E-state index contributed by atoms with van der Waals surface area (Å²) in [5.41, 5.74) is 1.97. The lowest BCUT2D eigenvalue weighted by molar-refractivity contribution is -0.114. The zero-order valence-corrected chi connectivity index (χ0v) is 13.2. The number of anilines is 1. The first kappa shape index (κ1) is 16.5. The Bertz CT molecular complexity index is 735. The van der Waals surface area contributed by atoms with E-state index in [1.165, 1.54) is 13.0 Å². The monoisotopic (exact) mass is 309 g/mol. The zero-order valence-electron chi connectivity index (χ0n) is 13.2. The fourth-order valence-electron chi connectivity index (χ4n) is 2.12. The van der Waals surface area contributed by atoms with Crippen LogP contribution in [0.2, 0.25) is 0 Å². The van der Waals surface area contributed by atoms with E-state index in [2.05, 4.69) is 5.32 Å². The van der Waals surface area contributed by atoms with Crippen LogP contribution in [0, 0.1) is 0 Å². The smallest absolute Gasteiger partial charge is 0.221 e. The summed E-state index contributed by atoms with van der Waals surface area (Å²) in [4.78, 5) is 23.4. The Morgan fingerprint density at radius 2 is 1.91 bits per heavy atom. The van der Waals surface area contributed by atoms with Gasteiger partial charge in [-0.3, -0.25) is 9.59 Å². The van der Waals surface area contributed by atoms with Crippen molar-refractivity contribution in [1.29, 1.82) is 0 Å². The van der Waals surface area contributed by atoms with E-state index >= 15 is 0 Å². The van der Waals surface area contributed by atoms with Gasteiger partial charge >= 0.3 is 0 Å². The van der Waals surface area contributed by atoms with Crippen molar-refractivity contribution in [2.24, 2.45) is 0 Å². The van der Waals surface area contributed by atoms with E-state index in [0.29, 0.717) is 17.9 Å².